The lowest BCUT2D eigenvalue weighted by atomic mass is 10.1. The summed E-state index contributed by atoms with van der Waals surface area (Å²) in [7, 11) is -4.02. The minimum atomic E-state index is -4.02. The second-order valence-corrected chi connectivity index (χ2v) is 9.55. The Bertz CT molecular complexity index is 1380. The van der Waals surface area contributed by atoms with Crippen molar-refractivity contribution in [2.24, 2.45) is 5.73 Å². The lowest BCUT2D eigenvalue weighted by Crippen LogP contribution is -2.10. The van der Waals surface area contributed by atoms with Crippen LogP contribution in [0.15, 0.2) is 94.0 Å². The largest absolute Gasteiger partial charge is 0.489 e. The normalized spacial score (nSPS) is 11.7. The first-order valence-electron chi connectivity index (χ1n) is 11.4. The summed E-state index contributed by atoms with van der Waals surface area (Å²) in [6.45, 7) is 2.09. The Kier molecular flexibility index (Phi) is 9.75. The summed E-state index contributed by atoms with van der Waals surface area (Å²) in [4.78, 5) is 4.43. The zero-order valence-corrected chi connectivity index (χ0v) is 20.7. The summed E-state index contributed by atoms with van der Waals surface area (Å²) in [5.41, 5.74) is 9.55. The highest BCUT2D eigenvalue weighted by atomic mass is 32.2. The maximum atomic E-state index is 12.5. The molecule has 0 fully saturated rings. The van der Waals surface area contributed by atoms with Gasteiger partial charge in [-0.1, -0.05) is 48.0 Å². The zero-order valence-electron chi connectivity index (χ0n) is 19.9. The molecule has 3 aromatic carbocycles. The van der Waals surface area contributed by atoms with Crippen LogP contribution in [0.1, 0.15) is 23.4 Å². The van der Waals surface area contributed by atoms with Crippen LogP contribution in [0.3, 0.4) is 0 Å². The summed E-state index contributed by atoms with van der Waals surface area (Å²) < 4.78 is 53.4. The van der Waals surface area contributed by atoms with Gasteiger partial charge in [-0.15, -0.1) is 0 Å². The fraction of sp³-hybridized carbons (Fsp3) is 0.222. The van der Waals surface area contributed by atoms with Crippen molar-refractivity contribution >= 4 is 21.2 Å². The summed E-state index contributed by atoms with van der Waals surface area (Å²) >= 11 is 0. The van der Waals surface area contributed by atoms with Crippen molar-refractivity contribution < 1.29 is 26.5 Å². The van der Waals surface area contributed by atoms with E-state index in [1.807, 2.05) is 31.2 Å². The van der Waals surface area contributed by atoms with Crippen LogP contribution in [-0.2, 0) is 23.0 Å². The maximum Gasteiger partial charge on any atom is 0.294 e. The topological polar surface area (TPSA) is 116 Å². The standard InChI is InChI=1S/C20H21FN2O2.C7H8O3S/c21-12-16(13-22)14-24-17-9-10-18-19(11-17)25-20(23-18)8-4-7-15-5-2-1-3-6-15;1-6-2-4-7(5-3-6)11(8,9)10/h1-3,5-6,9-12H,4,7-8,13-14,22H2;2-5H,1H3,(H,8,9,10)/b16-12+;. The molecule has 0 aliphatic rings. The van der Waals surface area contributed by atoms with Gasteiger partial charge in [0.15, 0.2) is 11.5 Å². The van der Waals surface area contributed by atoms with E-state index in [0.29, 0.717) is 23.2 Å². The van der Waals surface area contributed by atoms with Crippen LogP contribution >= 0.6 is 0 Å². The first kappa shape index (κ1) is 27.1. The van der Waals surface area contributed by atoms with Gasteiger partial charge in [0.25, 0.3) is 10.1 Å². The number of aromatic nitrogens is 1. The van der Waals surface area contributed by atoms with Crippen LogP contribution in [0, 0.1) is 6.92 Å². The van der Waals surface area contributed by atoms with Crippen LogP contribution in [0.5, 0.6) is 5.75 Å². The molecule has 7 nitrogen and oxygen atoms in total. The van der Waals surface area contributed by atoms with Gasteiger partial charge in [-0.05, 0) is 49.6 Å². The van der Waals surface area contributed by atoms with Crippen LogP contribution < -0.4 is 10.5 Å². The van der Waals surface area contributed by atoms with Crippen molar-refractivity contribution in [3.63, 3.8) is 0 Å². The number of nitrogens with zero attached hydrogens (tertiary/aromatic N) is 1. The molecule has 0 atom stereocenters. The molecule has 0 unspecified atom stereocenters. The minimum absolute atomic E-state index is 0.0666. The predicted molar refractivity (Wildman–Crippen MR) is 137 cm³/mol. The third kappa shape index (κ3) is 8.30. The van der Waals surface area contributed by atoms with E-state index in [-0.39, 0.29) is 18.0 Å². The number of ether oxygens (including phenoxy) is 1. The second-order valence-electron chi connectivity index (χ2n) is 8.12. The second kappa shape index (κ2) is 13.0. The Morgan fingerprint density at radius 3 is 2.44 bits per heavy atom. The average molecular weight is 513 g/mol. The number of fused-ring (bicyclic) bond motifs is 1. The molecule has 0 saturated carbocycles. The number of nitrogens with two attached hydrogens (primary N) is 1. The van der Waals surface area contributed by atoms with E-state index in [1.54, 1.807) is 24.3 Å². The molecule has 0 aliphatic heterocycles. The zero-order chi connectivity index (χ0) is 26.0. The number of benzene rings is 3. The number of halogens is 1. The Labute approximate surface area is 210 Å². The van der Waals surface area contributed by atoms with E-state index in [4.69, 9.17) is 19.4 Å². The van der Waals surface area contributed by atoms with Gasteiger partial charge in [0.2, 0.25) is 0 Å². The fourth-order valence-corrected chi connectivity index (χ4v) is 3.74. The molecule has 0 saturated heterocycles. The van der Waals surface area contributed by atoms with Crippen molar-refractivity contribution in [2.75, 3.05) is 13.2 Å². The van der Waals surface area contributed by atoms with Crippen molar-refractivity contribution in [3.05, 3.63) is 102 Å². The molecule has 1 aromatic heterocycles. The third-order valence-corrected chi connectivity index (χ3v) is 6.13. The van der Waals surface area contributed by atoms with Crippen molar-refractivity contribution in [1.29, 1.82) is 0 Å². The molecule has 4 rings (SSSR count). The van der Waals surface area contributed by atoms with Gasteiger partial charge in [-0.25, -0.2) is 9.37 Å². The van der Waals surface area contributed by atoms with E-state index < -0.39 is 10.1 Å². The molecule has 4 aromatic rings. The van der Waals surface area contributed by atoms with E-state index in [2.05, 4.69) is 17.1 Å². The molecular formula is C27H29FN2O5S. The number of rotatable bonds is 9. The number of aryl methyl sites for hydroxylation is 3. The third-order valence-electron chi connectivity index (χ3n) is 5.26. The van der Waals surface area contributed by atoms with Crippen molar-refractivity contribution in [3.8, 4) is 5.75 Å². The van der Waals surface area contributed by atoms with Gasteiger partial charge in [0, 0.05) is 24.6 Å². The molecule has 0 amide bonds. The molecule has 36 heavy (non-hydrogen) atoms. The Morgan fingerprint density at radius 1 is 1.08 bits per heavy atom. The lowest BCUT2D eigenvalue weighted by Gasteiger charge is -2.06. The van der Waals surface area contributed by atoms with E-state index in [0.717, 1.165) is 36.2 Å². The molecular weight excluding hydrogens is 483 g/mol. The maximum absolute atomic E-state index is 12.5. The highest BCUT2D eigenvalue weighted by Gasteiger charge is 2.08. The van der Waals surface area contributed by atoms with E-state index in [1.165, 1.54) is 17.7 Å². The summed E-state index contributed by atoms with van der Waals surface area (Å²) in [5.74, 6) is 1.32. The first-order valence-corrected chi connectivity index (χ1v) is 12.8. The van der Waals surface area contributed by atoms with Crippen molar-refractivity contribution in [1.82, 2.24) is 4.98 Å². The fourth-order valence-electron chi connectivity index (χ4n) is 3.26. The highest BCUT2D eigenvalue weighted by Crippen LogP contribution is 2.23. The molecule has 3 N–H and O–H groups in total. The molecule has 1 heterocycles. The summed E-state index contributed by atoms with van der Waals surface area (Å²) in [5, 5.41) is 0. The predicted octanol–water partition coefficient (Wildman–Crippen LogP) is 5.44. The number of oxazole rings is 1. The highest BCUT2D eigenvalue weighted by molar-refractivity contribution is 7.85. The van der Waals surface area contributed by atoms with Gasteiger partial charge in [0.1, 0.15) is 17.9 Å². The van der Waals surface area contributed by atoms with Gasteiger partial charge in [-0.3, -0.25) is 4.55 Å². The molecule has 9 heteroatoms. The van der Waals surface area contributed by atoms with Gasteiger partial charge < -0.3 is 14.9 Å². The smallest absolute Gasteiger partial charge is 0.294 e. The van der Waals surface area contributed by atoms with E-state index >= 15 is 0 Å². The molecule has 0 bridgehead atoms. The first-order chi connectivity index (χ1) is 17.3. The van der Waals surface area contributed by atoms with Gasteiger partial charge >= 0.3 is 0 Å². The quantitative estimate of drug-likeness (QED) is 0.287. The summed E-state index contributed by atoms with van der Waals surface area (Å²) in [6.07, 6.45) is 3.23. The Balaban J connectivity index is 0.000000275. The monoisotopic (exact) mass is 512 g/mol. The average Bonchev–Trinajstić information content (AvgIpc) is 3.27. The number of hydrogen-bond donors (Lipinski definition) is 2. The van der Waals surface area contributed by atoms with Crippen LogP contribution in [0.2, 0.25) is 0 Å². The lowest BCUT2D eigenvalue weighted by molar-refractivity contribution is 0.347. The van der Waals surface area contributed by atoms with Crippen LogP contribution in [-0.4, -0.2) is 31.1 Å². The molecule has 0 spiro atoms. The van der Waals surface area contributed by atoms with Crippen LogP contribution in [0.25, 0.3) is 11.1 Å². The van der Waals surface area contributed by atoms with E-state index in [9.17, 15) is 12.8 Å². The molecule has 190 valence electrons. The van der Waals surface area contributed by atoms with Gasteiger partial charge in [-0.2, -0.15) is 8.42 Å². The SMILES string of the molecule is Cc1ccc(S(=O)(=O)O)cc1.NC/C(=C\F)COc1ccc2nc(CCCc3ccccc3)oc2c1. The molecule has 0 radical (unpaired) electrons. The summed E-state index contributed by atoms with van der Waals surface area (Å²) in [6, 6.07) is 21.8. The molecule has 0 aliphatic carbocycles. The Hall–Kier alpha value is -3.53. The van der Waals surface area contributed by atoms with Gasteiger partial charge in [0.05, 0.1) is 11.2 Å². The Morgan fingerprint density at radius 2 is 1.81 bits per heavy atom. The van der Waals surface area contributed by atoms with Crippen LogP contribution in [0.4, 0.5) is 4.39 Å². The minimum Gasteiger partial charge on any atom is -0.489 e. The number of hydrogen-bond acceptors (Lipinski definition) is 6. The van der Waals surface area contributed by atoms with Crippen molar-refractivity contribution in [2.45, 2.75) is 31.1 Å².